The van der Waals surface area contributed by atoms with E-state index in [-0.39, 0.29) is 23.8 Å². The van der Waals surface area contributed by atoms with E-state index in [2.05, 4.69) is 29.6 Å². The molecule has 3 nitrogen and oxygen atoms in total. The number of aryl methyl sites for hydroxylation is 1. The minimum absolute atomic E-state index is 0.0488. The number of rotatable bonds is 4. The molecule has 2 aromatic rings. The topological polar surface area (TPSA) is 49.3 Å². The Hall–Kier alpha value is -1.65. The molecule has 3 unspecified atom stereocenters. The number of aliphatic hydroxyl groups is 1. The number of fused-ring (bicyclic) bond motifs is 2. The van der Waals surface area contributed by atoms with Crippen LogP contribution in [0.4, 0.5) is 0 Å². The third kappa shape index (κ3) is 2.58. The highest BCUT2D eigenvalue weighted by Gasteiger charge is 2.60. The molecule has 24 heavy (non-hydrogen) atoms. The Kier molecular flexibility index (Phi) is 3.77. The quantitative estimate of drug-likeness (QED) is 0.896. The second-order valence-corrected chi connectivity index (χ2v) is 8.21. The molecule has 2 N–H and O–H groups in total. The maximum absolute atomic E-state index is 12.7. The molecule has 1 spiro atoms. The zero-order valence-electron chi connectivity index (χ0n) is 13.9. The molecule has 2 aliphatic rings. The van der Waals surface area contributed by atoms with Gasteiger partial charge >= 0.3 is 0 Å². The smallest absolute Gasteiger partial charge is 0.224 e. The highest BCUT2D eigenvalue weighted by atomic mass is 32.1. The number of thiophene rings is 1. The van der Waals surface area contributed by atoms with E-state index < -0.39 is 5.60 Å². The van der Waals surface area contributed by atoms with Crippen molar-refractivity contribution >= 4 is 17.2 Å². The predicted octanol–water partition coefficient (Wildman–Crippen LogP) is 3.37. The van der Waals surface area contributed by atoms with Crippen LogP contribution in [0.2, 0.25) is 0 Å². The molecule has 2 aliphatic carbocycles. The number of hydrogen-bond acceptors (Lipinski definition) is 3. The van der Waals surface area contributed by atoms with Crippen molar-refractivity contribution in [2.75, 3.05) is 6.54 Å². The lowest BCUT2D eigenvalue weighted by molar-refractivity contribution is -0.124. The van der Waals surface area contributed by atoms with Crippen LogP contribution in [0.3, 0.4) is 0 Å². The Balaban J connectivity index is 1.45. The molecule has 0 radical (unpaired) electrons. The first-order valence-corrected chi connectivity index (χ1v) is 9.58. The van der Waals surface area contributed by atoms with Crippen LogP contribution in [0.25, 0.3) is 0 Å². The molecule has 1 aromatic heterocycles. The molecule has 1 heterocycles. The number of carbonyl (C=O) groups excluding carboxylic acids is 1. The molecular weight excluding hydrogens is 318 g/mol. The van der Waals surface area contributed by atoms with E-state index in [4.69, 9.17) is 0 Å². The van der Waals surface area contributed by atoms with Crippen LogP contribution in [0, 0.1) is 5.92 Å². The van der Waals surface area contributed by atoms with Gasteiger partial charge < -0.3 is 10.4 Å². The Bertz CT molecular complexity index is 753. The summed E-state index contributed by atoms with van der Waals surface area (Å²) in [6.07, 6.45) is 4.33. The summed E-state index contributed by atoms with van der Waals surface area (Å²) < 4.78 is 0. The second kappa shape index (κ2) is 5.71. The fraction of sp³-hybridized carbons (Fsp3) is 0.450. The van der Waals surface area contributed by atoms with Gasteiger partial charge in [-0.1, -0.05) is 24.3 Å². The number of amides is 1. The Morgan fingerprint density at radius 3 is 3.04 bits per heavy atom. The fourth-order valence-corrected chi connectivity index (χ4v) is 5.01. The molecule has 0 bridgehead atoms. The van der Waals surface area contributed by atoms with Gasteiger partial charge in [0.1, 0.15) is 5.60 Å². The van der Waals surface area contributed by atoms with Gasteiger partial charge in [-0.15, -0.1) is 0 Å². The van der Waals surface area contributed by atoms with E-state index in [1.807, 2.05) is 16.8 Å². The highest BCUT2D eigenvalue weighted by molar-refractivity contribution is 7.08. The van der Waals surface area contributed by atoms with Crippen molar-refractivity contribution in [2.45, 2.75) is 43.6 Å². The van der Waals surface area contributed by atoms with Crippen LogP contribution in [0.5, 0.6) is 0 Å². The summed E-state index contributed by atoms with van der Waals surface area (Å²) in [6.45, 7) is 2.02. The van der Waals surface area contributed by atoms with Gasteiger partial charge in [-0.3, -0.25) is 4.79 Å². The van der Waals surface area contributed by atoms with Gasteiger partial charge in [-0.2, -0.15) is 11.3 Å². The zero-order valence-corrected chi connectivity index (χ0v) is 14.7. The molecular formula is C20H23NO2S. The second-order valence-electron chi connectivity index (χ2n) is 7.43. The van der Waals surface area contributed by atoms with E-state index in [1.54, 1.807) is 18.3 Å². The Labute approximate surface area is 146 Å². The van der Waals surface area contributed by atoms with Gasteiger partial charge in [0.15, 0.2) is 0 Å². The fourth-order valence-electron chi connectivity index (χ4n) is 4.23. The van der Waals surface area contributed by atoms with Crippen molar-refractivity contribution in [3.8, 4) is 0 Å². The molecule has 0 saturated heterocycles. The Morgan fingerprint density at radius 2 is 2.25 bits per heavy atom. The van der Waals surface area contributed by atoms with Gasteiger partial charge in [0.25, 0.3) is 0 Å². The van der Waals surface area contributed by atoms with E-state index >= 15 is 0 Å². The molecule has 0 aliphatic heterocycles. The lowest BCUT2D eigenvalue weighted by atomic mass is 9.78. The van der Waals surface area contributed by atoms with Gasteiger partial charge in [0.2, 0.25) is 5.91 Å². The third-order valence-corrected chi connectivity index (χ3v) is 6.45. The van der Waals surface area contributed by atoms with Crippen LogP contribution in [0.15, 0.2) is 41.1 Å². The molecule has 126 valence electrons. The summed E-state index contributed by atoms with van der Waals surface area (Å²) in [4.78, 5) is 12.7. The van der Waals surface area contributed by atoms with Crippen molar-refractivity contribution in [3.05, 3.63) is 57.8 Å². The summed E-state index contributed by atoms with van der Waals surface area (Å²) in [5.74, 6) is 0.138. The van der Waals surface area contributed by atoms with Crippen LogP contribution < -0.4 is 5.32 Å². The third-order valence-electron chi connectivity index (χ3n) is 5.76. The first-order valence-electron chi connectivity index (χ1n) is 8.64. The Morgan fingerprint density at radius 1 is 1.42 bits per heavy atom. The number of nitrogens with one attached hydrogen (secondary N) is 1. The monoisotopic (exact) mass is 341 g/mol. The van der Waals surface area contributed by atoms with Gasteiger partial charge in [-0.05, 0) is 66.1 Å². The van der Waals surface area contributed by atoms with Crippen molar-refractivity contribution < 1.29 is 9.90 Å². The van der Waals surface area contributed by atoms with E-state index in [0.717, 1.165) is 31.2 Å². The molecule has 1 fully saturated rings. The van der Waals surface area contributed by atoms with Crippen molar-refractivity contribution in [3.63, 3.8) is 0 Å². The summed E-state index contributed by atoms with van der Waals surface area (Å²) in [5, 5.41) is 17.4. The van der Waals surface area contributed by atoms with Gasteiger partial charge in [0.05, 0.1) is 6.54 Å². The van der Waals surface area contributed by atoms with Crippen LogP contribution in [-0.2, 0) is 22.2 Å². The van der Waals surface area contributed by atoms with E-state index in [0.29, 0.717) is 0 Å². The SMILES string of the molecule is CC(O)(CNC(=O)C1CC12CCCc1ccccc12)c1ccsc1. The first-order chi connectivity index (χ1) is 11.5. The van der Waals surface area contributed by atoms with Crippen molar-refractivity contribution in [1.29, 1.82) is 0 Å². The molecule has 4 rings (SSSR count). The summed E-state index contributed by atoms with van der Waals surface area (Å²) in [5.41, 5.74) is 2.68. The lowest BCUT2D eigenvalue weighted by Gasteiger charge is -2.27. The lowest BCUT2D eigenvalue weighted by Crippen LogP contribution is -2.40. The number of benzene rings is 1. The van der Waals surface area contributed by atoms with Crippen molar-refractivity contribution in [1.82, 2.24) is 5.32 Å². The zero-order chi connectivity index (χ0) is 16.8. The number of carbonyl (C=O) groups is 1. The molecule has 1 aromatic carbocycles. The highest BCUT2D eigenvalue weighted by Crippen LogP contribution is 2.60. The first kappa shape index (κ1) is 15.9. The summed E-state index contributed by atoms with van der Waals surface area (Å²) in [7, 11) is 0. The molecule has 1 saturated carbocycles. The van der Waals surface area contributed by atoms with Crippen LogP contribution >= 0.6 is 11.3 Å². The van der Waals surface area contributed by atoms with E-state index in [1.165, 1.54) is 11.1 Å². The maximum Gasteiger partial charge on any atom is 0.224 e. The minimum Gasteiger partial charge on any atom is -0.384 e. The number of hydrogen-bond donors (Lipinski definition) is 2. The summed E-state index contributed by atoms with van der Waals surface area (Å²) >= 11 is 1.56. The average molecular weight is 341 g/mol. The minimum atomic E-state index is -1.01. The van der Waals surface area contributed by atoms with Crippen molar-refractivity contribution in [2.24, 2.45) is 5.92 Å². The maximum atomic E-state index is 12.7. The van der Waals surface area contributed by atoms with Crippen LogP contribution in [-0.4, -0.2) is 17.6 Å². The van der Waals surface area contributed by atoms with E-state index in [9.17, 15) is 9.90 Å². The molecule has 4 heteroatoms. The normalized spacial score (nSPS) is 27.3. The molecule has 1 amide bonds. The average Bonchev–Trinajstić information content (AvgIpc) is 3.04. The van der Waals surface area contributed by atoms with Gasteiger partial charge in [0, 0.05) is 11.3 Å². The van der Waals surface area contributed by atoms with Crippen LogP contribution in [0.1, 0.15) is 42.9 Å². The predicted molar refractivity (Wildman–Crippen MR) is 96.1 cm³/mol. The largest absolute Gasteiger partial charge is 0.384 e. The van der Waals surface area contributed by atoms with Gasteiger partial charge in [-0.25, -0.2) is 0 Å². The standard InChI is InChI=1S/C20H23NO2S/c1-19(23,15-8-10-24-12-15)13-21-18(22)17-11-20(17)9-4-6-14-5-2-3-7-16(14)20/h2-3,5,7-8,10,12,17,23H,4,6,9,11,13H2,1H3,(H,21,22). The summed E-state index contributed by atoms with van der Waals surface area (Å²) in [6, 6.07) is 10.5. The molecule has 3 atom stereocenters.